The molecule has 0 bridgehead atoms. The van der Waals surface area contributed by atoms with Crippen LogP contribution in [-0.4, -0.2) is 85.2 Å². The molecule has 0 radical (unpaired) electrons. The zero-order valence-electron chi connectivity index (χ0n) is 25.6. The molecule has 12 heteroatoms. The summed E-state index contributed by atoms with van der Waals surface area (Å²) in [4.78, 5) is 21.0. The van der Waals surface area contributed by atoms with Gasteiger partial charge in [-0.15, -0.1) is 0 Å². The minimum absolute atomic E-state index is 0.120. The fourth-order valence-corrected chi connectivity index (χ4v) is 6.71. The van der Waals surface area contributed by atoms with E-state index in [-0.39, 0.29) is 18.8 Å². The third-order valence-electron chi connectivity index (χ3n) is 9.04. The molecule has 0 aliphatic carbocycles. The van der Waals surface area contributed by atoms with Crippen LogP contribution >= 0.6 is 0 Å². The van der Waals surface area contributed by atoms with Gasteiger partial charge >= 0.3 is 0 Å². The number of nitrogens with zero attached hydrogens (tertiary/aromatic N) is 6. The van der Waals surface area contributed by atoms with Gasteiger partial charge in [-0.05, 0) is 79.0 Å². The van der Waals surface area contributed by atoms with Crippen LogP contribution in [-0.2, 0) is 6.54 Å². The first-order valence-corrected chi connectivity index (χ1v) is 15.9. The summed E-state index contributed by atoms with van der Waals surface area (Å²) in [6.45, 7) is 4.02. The van der Waals surface area contributed by atoms with Crippen molar-refractivity contribution in [2.24, 2.45) is 0 Å². The molecule has 2 N–H and O–H groups in total. The maximum Gasteiger partial charge on any atom is 0.261 e. The van der Waals surface area contributed by atoms with Crippen molar-refractivity contribution in [2.45, 2.75) is 31.7 Å². The number of halogens is 3. The second-order valence-electron chi connectivity index (χ2n) is 12.5. The normalized spacial score (nSPS) is 16.9. The van der Waals surface area contributed by atoms with Crippen molar-refractivity contribution < 1.29 is 17.9 Å². The molecule has 8 rings (SSSR count). The monoisotopic (exact) mass is 638 g/mol. The Morgan fingerprint density at radius 2 is 1.72 bits per heavy atom. The lowest BCUT2D eigenvalue weighted by molar-refractivity contribution is 0.0115. The first-order chi connectivity index (χ1) is 22.9. The molecule has 2 aliphatic rings. The average Bonchev–Trinajstić information content (AvgIpc) is 3.87. The van der Waals surface area contributed by atoms with Gasteiger partial charge in [0, 0.05) is 78.8 Å². The van der Waals surface area contributed by atoms with E-state index in [0.717, 1.165) is 58.4 Å². The van der Waals surface area contributed by atoms with Crippen LogP contribution in [0.5, 0.6) is 5.75 Å². The summed E-state index contributed by atoms with van der Waals surface area (Å²) in [5.74, 6) is -2.51. The highest BCUT2D eigenvalue weighted by Gasteiger charge is 2.38. The van der Waals surface area contributed by atoms with Crippen LogP contribution in [0.3, 0.4) is 0 Å². The number of aromatic nitrogens is 6. The van der Waals surface area contributed by atoms with Crippen molar-refractivity contribution in [3.05, 3.63) is 78.6 Å². The van der Waals surface area contributed by atoms with Gasteiger partial charge in [0.25, 0.3) is 5.92 Å². The lowest BCUT2D eigenvalue weighted by Gasteiger charge is -2.15. The number of ether oxygens (including phenoxy) is 1. The predicted molar refractivity (Wildman–Crippen MR) is 174 cm³/mol. The van der Waals surface area contributed by atoms with Crippen LogP contribution in [0.2, 0.25) is 0 Å². The minimum Gasteiger partial charge on any atom is -0.492 e. The summed E-state index contributed by atoms with van der Waals surface area (Å²) in [6.07, 6.45) is 9.21. The predicted octanol–water partition coefficient (Wildman–Crippen LogP) is 6.68. The Balaban J connectivity index is 1.08. The Bertz CT molecular complexity index is 2070. The summed E-state index contributed by atoms with van der Waals surface area (Å²) in [5.41, 5.74) is 6.67. The smallest absolute Gasteiger partial charge is 0.261 e. The zero-order chi connectivity index (χ0) is 32.0. The second-order valence-corrected chi connectivity index (χ2v) is 12.5. The molecule has 2 saturated heterocycles. The number of aromatic amines is 2. The fraction of sp³-hybridized carbons (Fsp3) is 0.314. The molecule has 47 heavy (non-hydrogen) atoms. The molecule has 0 unspecified atom stereocenters. The Hall–Kier alpha value is -4.81. The number of hydrogen-bond acceptors (Lipinski definition) is 7. The Kier molecular flexibility index (Phi) is 7.61. The van der Waals surface area contributed by atoms with Gasteiger partial charge in [-0.1, -0.05) is 0 Å². The van der Waals surface area contributed by atoms with E-state index < -0.39 is 5.92 Å². The van der Waals surface area contributed by atoms with Crippen LogP contribution in [0.4, 0.5) is 13.2 Å². The highest BCUT2D eigenvalue weighted by atomic mass is 19.3. The first kappa shape index (κ1) is 29.6. The number of alkyl halides is 2. The summed E-state index contributed by atoms with van der Waals surface area (Å²) in [5, 5.41) is 9.19. The van der Waals surface area contributed by atoms with Gasteiger partial charge in [0.15, 0.2) is 5.65 Å². The molecule has 2 aliphatic heterocycles. The van der Waals surface area contributed by atoms with Gasteiger partial charge in [0.1, 0.15) is 29.5 Å². The molecule has 1 aromatic carbocycles. The van der Waals surface area contributed by atoms with Crippen molar-refractivity contribution >= 4 is 22.1 Å². The van der Waals surface area contributed by atoms with Crippen molar-refractivity contribution in [3.63, 3.8) is 0 Å². The maximum absolute atomic E-state index is 14.8. The molecule has 0 spiro atoms. The lowest BCUT2D eigenvalue weighted by atomic mass is 10.0. The molecular weight excluding hydrogens is 605 g/mol. The number of likely N-dealkylation sites (tertiary alicyclic amines) is 2. The van der Waals surface area contributed by atoms with Gasteiger partial charge in [0.05, 0.1) is 12.2 Å². The van der Waals surface area contributed by atoms with E-state index in [1.54, 1.807) is 29.7 Å². The Labute approximate surface area is 268 Å². The Morgan fingerprint density at radius 1 is 0.851 bits per heavy atom. The van der Waals surface area contributed by atoms with Gasteiger partial charge in [-0.25, -0.2) is 23.1 Å². The number of rotatable bonds is 9. The van der Waals surface area contributed by atoms with Gasteiger partial charge < -0.3 is 9.72 Å². The molecular formula is C35H33F3N8O. The van der Waals surface area contributed by atoms with Gasteiger partial charge in [-0.3, -0.25) is 19.9 Å². The van der Waals surface area contributed by atoms with E-state index in [9.17, 15) is 13.2 Å². The molecule has 5 aromatic heterocycles. The maximum atomic E-state index is 14.8. The van der Waals surface area contributed by atoms with E-state index in [4.69, 9.17) is 4.74 Å². The average molecular weight is 639 g/mol. The molecule has 0 atom stereocenters. The van der Waals surface area contributed by atoms with Crippen LogP contribution < -0.4 is 4.74 Å². The molecule has 2 fully saturated rings. The van der Waals surface area contributed by atoms with E-state index in [1.165, 1.54) is 25.0 Å². The Morgan fingerprint density at radius 3 is 2.57 bits per heavy atom. The largest absolute Gasteiger partial charge is 0.492 e. The molecule has 0 saturated carbocycles. The van der Waals surface area contributed by atoms with E-state index in [2.05, 4.69) is 35.0 Å². The minimum atomic E-state index is -2.64. The summed E-state index contributed by atoms with van der Waals surface area (Å²) in [6, 6.07) is 12.6. The lowest BCUT2D eigenvalue weighted by Crippen LogP contribution is -2.25. The van der Waals surface area contributed by atoms with Crippen LogP contribution in [0.1, 0.15) is 24.8 Å². The third kappa shape index (κ3) is 6.18. The van der Waals surface area contributed by atoms with Crippen molar-refractivity contribution in [1.29, 1.82) is 0 Å². The third-order valence-corrected chi connectivity index (χ3v) is 9.04. The summed E-state index contributed by atoms with van der Waals surface area (Å²) in [7, 11) is 0. The summed E-state index contributed by atoms with van der Waals surface area (Å²) < 4.78 is 48.2. The molecule has 9 nitrogen and oxygen atoms in total. The SMILES string of the molecule is Fc1cc(OCCN2CCCC2)cc(-c2ccnc3[nH]c(-c4n[nH]c5ncc(-c6cncc(CN7CCC(F)(F)C7)c6)cc45)cc23)c1. The van der Waals surface area contributed by atoms with Crippen LogP contribution in [0, 0.1) is 5.82 Å². The number of hydrogen-bond donors (Lipinski definition) is 2. The van der Waals surface area contributed by atoms with Crippen molar-refractivity contribution in [2.75, 3.05) is 39.3 Å². The van der Waals surface area contributed by atoms with Crippen LogP contribution in [0.15, 0.2) is 67.3 Å². The number of fused-ring (bicyclic) bond motifs is 2. The fourth-order valence-electron chi connectivity index (χ4n) is 6.71. The standard InChI is InChI=1S/C35H33F3N8O/c36-26-12-23(13-27(15-26)47-10-9-45-6-1-2-7-45)28-3-5-40-33-29(28)16-31(42-33)32-30-14-25(19-41-34(30)44-43-32)24-11-22(17-39-18-24)20-46-8-4-35(37,38)21-46/h3,5,11-19H,1-2,4,6-10,20-21H2,(H,40,42)(H,41,43,44). The highest BCUT2D eigenvalue weighted by molar-refractivity contribution is 5.99. The number of H-pyrrole nitrogens is 2. The number of nitrogens with one attached hydrogen (secondary N) is 2. The first-order valence-electron chi connectivity index (χ1n) is 15.9. The van der Waals surface area contributed by atoms with E-state index in [0.29, 0.717) is 48.0 Å². The molecule has 240 valence electrons. The second kappa shape index (κ2) is 12.1. The van der Waals surface area contributed by atoms with Crippen molar-refractivity contribution in [3.8, 4) is 39.4 Å². The molecule has 0 amide bonds. The van der Waals surface area contributed by atoms with Gasteiger partial charge in [-0.2, -0.15) is 5.10 Å². The van der Waals surface area contributed by atoms with Gasteiger partial charge in [0.2, 0.25) is 0 Å². The van der Waals surface area contributed by atoms with Crippen molar-refractivity contribution in [1.82, 2.24) is 39.9 Å². The van der Waals surface area contributed by atoms with E-state index >= 15 is 0 Å². The summed E-state index contributed by atoms with van der Waals surface area (Å²) >= 11 is 0. The highest BCUT2D eigenvalue weighted by Crippen LogP contribution is 2.36. The van der Waals surface area contributed by atoms with E-state index in [1.807, 2.05) is 30.3 Å². The van der Waals surface area contributed by atoms with Crippen LogP contribution in [0.25, 0.3) is 55.7 Å². The molecule has 7 heterocycles. The topological polar surface area (TPSA) is 98.8 Å². The number of pyridine rings is 3. The zero-order valence-corrected chi connectivity index (χ0v) is 25.6. The molecule has 6 aromatic rings. The number of benzene rings is 1. The quantitative estimate of drug-likeness (QED) is 0.182.